The number of carbonyl (C=O) groups excluding carboxylic acids is 2. The lowest BCUT2D eigenvalue weighted by molar-refractivity contribution is -0.157. The van der Waals surface area contributed by atoms with Gasteiger partial charge in [-0.15, -0.1) is 0 Å². The number of carbonyl (C=O) groups is 2. The molecule has 4 heteroatoms. The van der Waals surface area contributed by atoms with Crippen molar-refractivity contribution in [2.45, 2.75) is 19.8 Å². The van der Waals surface area contributed by atoms with Gasteiger partial charge in [0, 0.05) is 0 Å². The minimum Gasteiger partial charge on any atom is -0.469 e. The minimum atomic E-state index is -0.635. The van der Waals surface area contributed by atoms with Crippen LogP contribution in [0.4, 0.5) is 0 Å². The van der Waals surface area contributed by atoms with Gasteiger partial charge in [-0.3, -0.25) is 9.59 Å². The Morgan fingerprint density at radius 3 is 2.39 bits per heavy atom. The maximum absolute atomic E-state index is 11.9. The van der Waals surface area contributed by atoms with Gasteiger partial charge >= 0.3 is 11.9 Å². The number of hydrogen-bond acceptors (Lipinski definition) is 4. The highest BCUT2D eigenvalue weighted by Crippen LogP contribution is 2.37. The molecule has 1 aliphatic carbocycles. The maximum Gasteiger partial charge on any atom is 0.314 e. The molecule has 3 atom stereocenters. The van der Waals surface area contributed by atoms with Crippen molar-refractivity contribution in [2.24, 2.45) is 17.8 Å². The van der Waals surface area contributed by atoms with Gasteiger partial charge in [0.25, 0.3) is 0 Å². The molecule has 0 spiro atoms. The Morgan fingerprint density at radius 2 is 1.89 bits per heavy atom. The molecule has 0 aromatic heterocycles. The summed E-state index contributed by atoms with van der Waals surface area (Å²) in [6.45, 7) is 5.87. The molecular formula is C14H20O4. The molecule has 0 aliphatic heterocycles. The van der Waals surface area contributed by atoms with Crippen molar-refractivity contribution in [3.63, 3.8) is 0 Å². The fourth-order valence-electron chi connectivity index (χ4n) is 2.43. The van der Waals surface area contributed by atoms with Gasteiger partial charge in [-0.1, -0.05) is 32.1 Å². The first-order valence-electron chi connectivity index (χ1n) is 6.09. The summed E-state index contributed by atoms with van der Waals surface area (Å²) >= 11 is 0. The molecule has 1 aliphatic rings. The Bertz CT molecular complexity index is 370. The second-order valence-corrected chi connectivity index (χ2v) is 4.44. The van der Waals surface area contributed by atoms with E-state index in [1.165, 1.54) is 14.2 Å². The summed E-state index contributed by atoms with van der Waals surface area (Å²) in [6.07, 6.45) is 5.51. The molecule has 0 radical (unpaired) electrons. The average molecular weight is 252 g/mol. The summed E-state index contributed by atoms with van der Waals surface area (Å²) in [5.74, 6) is -1.98. The Kier molecular flexibility index (Phi) is 5.13. The number of rotatable bonds is 4. The lowest BCUT2D eigenvalue weighted by Crippen LogP contribution is -2.39. The molecule has 0 fully saturated rings. The molecule has 0 aromatic carbocycles. The van der Waals surface area contributed by atoms with Crippen LogP contribution in [-0.4, -0.2) is 26.2 Å². The molecule has 1 rings (SSSR count). The van der Waals surface area contributed by atoms with E-state index in [9.17, 15) is 9.59 Å². The lowest BCUT2D eigenvalue weighted by atomic mass is 9.72. The number of allylic oxidation sites excluding steroid dienone is 2. The van der Waals surface area contributed by atoms with Crippen LogP contribution in [0.5, 0.6) is 0 Å². The van der Waals surface area contributed by atoms with Crippen molar-refractivity contribution in [1.29, 1.82) is 0 Å². The summed E-state index contributed by atoms with van der Waals surface area (Å²) < 4.78 is 9.59. The Labute approximate surface area is 108 Å². The third-order valence-corrected chi connectivity index (χ3v) is 3.33. The molecule has 0 saturated heterocycles. The van der Waals surface area contributed by atoms with E-state index in [-0.39, 0.29) is 11.9 Å². The predicted molar refractivity (Wildman–Crippen MR) is 67.7 cm³/mol. The van der Waals surface area contributed by atoms with E-state index in [0.717, 1.165) is 12.8 Å². The molecule has 0 N–H and O–H groups in total. The Morgan fingerprint density at radius 1 is 1.28 bits per heavy atom. The summed E-state index contributed by atoms with van der Waals surface area (Å²) in [7, 11) is 2.65. The molecule has 0 unspecified atom stereocenters. The van der Waals surface area contributed by atoms with Crippen LogP contribution < -0.4 is 0 Å². The van der Waals surface area contributed by atoms with Crippen molar-refractivity contribution in [1.82, 2.24) is 0 Å². The van der Waals surface area contributed by atoms with Gasteiger partial charge in [-0.2, -0.15) is 0 Å². The van der Waals surface area contributed by atoms with Crippen LogP contribution in [-0.2, 0) is 19.1 Å². The zero-order valence-corrected chi connectivity index (χ0v) is 11.1. The van der Waals surface area contributed by atoms with Crippen LogP contribution in [0.15, 0.2) is 24.3 Å². The topological polar surface area (TPSA) is 52.6 Å². The zero-order valence-electron chi connectivity index (χ0n) is 11.1. The van der Waals surface area contributed by atoms with Gasteiger partial charge in [-0.25, -0.2) is 0 Å². The van der Waals surface area contributed by atoms with Crippen molar-refractivity contribution < 1.29 is 19.1 Å². The number of esters is 2. The fourth-order valence-corrected chi connectivity index (χ4v) is 2.43. The van der Waals surface area contributed by atoms with Crippen LogP contribution in [0, 0.1) is 17.8 Å². The van der Waals surface area contributed by atoms with Gasteiger partial charge in [0.1, 0.15) is 0 Å². The first kappa shape index (κ1) is 14.5. The SMILES string of the molecule is C=C1C=C[C@@H](CCC)[C@@H](C(=O)OC)[C@@H]1C(=O)OC. The van der Waals surface area contributed by atoms with Gasteiger partial charge < -0.3 is 9.47 Å². The Hall–Kier alpha value is -1.58. The second kappa shape index (κ2) is 6.38. The highest BCUT2D eigenvalue weighted by Gasteiger charge is 2.42. The van der Waals surface area contributed by atoms with Gasteiger partial charge in [0.05, 0.1) is 26.1 Å². The lowest BCUT2D eigenvalue weighted by Gasteiger charge is -2.32. The summed E-state index contributed by atoms with van der Waals surface area (Å²) in [6, 6.07) is 0. The highest BCUT2D eigenvalue weighted by atomic mass is 16.5. The van der Waals surface area contributed by atoms with Crippen LogP contribution in [0.2, 0.25) is 0 Å². The number of ether oxygens (including phenoxy) is 2. The van der Waals surface area contributed by atoms with Gasteiger partial charge in [-0.05, 0) is 17.9 Å². The number of hydrogen-bond donors (Lipinski definition) is 0. The Balaban J connectivity index is 3.10. The minimum absolute atomic E-state index is 0.00273. The second-order valence-electron chi connectivity index (χ2n) is 4.44. The molecule has 100 valence electrons. The summed E-state index contributed by atoms with van der Waals surface area (Å²) in [5, 5.41) is 0. The third-order valence-electron chi connectivity index (χ3n) is 3.33. The standard InChI is InChI=1S/C14H20O4/c1-5-6-10-8-7-9(2)11(13(15)17-3)12(10)14(16)18-4/h7-8,10-12H,2,5-6H2,1,3-4H3/t10-,11-,12-/m1/s1. The normalized spacial score (nSPS) is 26.8. The van der Waals surface area contributed by atoms with Crippen LogP contribution in [0.25, 0.3) is 0 Å². The van der Waals surface area contributed by atoms with E-state index in [2.05, 4.69) is 6.58 Å². The predicted octanol–water partition coefficient (Wildman–Crippen LogP) is 2.11. The van der Waals surface area contributed by atoms with Crippen LogP contribution >= 0.6 is 0 Å². The van der Waals surface area contributed by atoms with Crippen molar-refractivity contribution in [3.05, 3.63) is 24.3 Å². The summed E-state index contributed by atoms with van der Waals surface area (Å²) in [5.41, 5.74) is 0.601. The van der Waals surface area contributed by atoms with E-state index in [1.54, 1.807) is 6.08 Å². The fraction of sp³-hybridized carbons (Fsp3) is 0.571. The van der Waals surface area contributed by atoms with Gasteiger partial charge in [0.15, 0.2) is 0 Å². The zero-order chi connectivity index (χ0) is 13.7. The maximum atomic E-state index is 11.9. The molecule has 0 heterocycles. The molecule has 0 amide bonds. The molecule has 18 heavy (non-hydrogen) atoms. The van der Waals surface area contributed by atoms with E-state index in [0.29, 0.717) is 5.57 Å². The largest absolute Gasteiger partial charge is 0.469 e. The quantitative estimate of drug-likeness (QED) is 0.719. The van der Waals surface area contributed by atoms with Crippen LogP contribution in [0.3, 0.4) is 0 Å². The van der Waals surface area contributed by atoms with Crippen molar-refractivity contribution in [3.8, 4) is 0 Å². The van der Waals surface area contributed by atoms with Crippen molar-refractivity contribution in [2.75, 3.05) is 14.2 Å². The molecule has 4 nitrogen and oxygen atoms in total. The first-order valence-corrected chi connectivity index (χ1v) is 6.09. The van der Waals surface area contributed by atoms with Crippen molar-refractivity contribution >= 4 is 11.9 Å². The van der Waals surface area contributed by atoms with E-state index in [1.807, 2.05) is 13.0 Å². The van der Waals surface area contributed by atoms with Crippen LogP contribution in [0.1, 0.15) is 19.8 Å². The third kappa shape index (κ3) is 2.81. The van der Waals surface area contributed by atoms with Gasteiger partial charge in [0.2, 0.25) is 0 Å². The number of methoxy groups -OCH3 is 2. The van der Waals surface area contributed by atoms with E-state index < -0.39 is 17.8 Å². The summed E-state index contributed by atoms with van der Waals surface area (Å²) in [4.78, 5) is 23.8. The first-order chi connectivity index (χ1) is 8.56. The smallest absolute Gasteiger partial charge is 0.314 e. The monoisotopic (exact) mass is 252 g/mol. The molecule has 0 aromatic rings. The molecule has 0 saturated carbocycles. The molecule has 0 bridgehead atoms. The van der Waals surface area contributed by atoms with E-state index in [4.69, 9.17) is 9.47 Å². The van der Waals surface area contributed by atoms with E-state index >= 15 is 0 Å². The average Bonchev–Trinajstić information content (AvgIpc) is 2.38. The molecular weight excluding hydrogens is 232 g/mol. The highest BCUT2D eigenvalue weighted by molar-refractivity contribution is 5.86.